The molecular formula is C20H17BrN2O3. The van der Waals surface area contributed by atoms with Crippen LogP contribution < -0.4 is 4.90 Å². The molecule has 2 rings (SSSR count). The molecular weight excluding hydrogens is 396 g/mol. The maximum atomic E-state index is 12.3. The van der Waals surface area contributed by atoms with Crippen LogP contribution in [-0.2, 0) is 14.3 Å². The molecule has 0 aliphatic carbocycles. The molecule has 0 fully saturated rings. The van der Waals surface area contributed by atoms with Crippen LogP contribution >= 0.6 is 15.9 Å². The van der Waals surface area contributed by atoms with Gasteiger partial charge in [-0.15, -0.1) is 0 Å². The third kappa shape index (κ3) is 5.57. The molecule has 0 heterocycles. The van der Waals surface area contributed by atoms with E-state index < -0.39 is 18.5 Å². The van der Waals surface area contributed by atoms with Gasteiger partial charge in [-0.1, -0.05) is 46.3 Å². The van der Waals surface area contributed by atoms with E-state index in [9.17, 15) is 9.59 Å². The number of hydrogen-bond donors (Lipinski definition) is 0. The molecule has 0 bridgehead atoms. The van der Waals surface area contributed by atoms with E-state index in [-0.39, 0.29) is 6.54 Å². The number of aryl methyl sites for hydroxylation is 1. The van der Waals surface area contributed by atoms with Crippen molar-refractivity contribution in [1.82, 2.24) is 0 Å². The van der Waals surface area contributed by atoms with Gasteiger partial charge < -0.3 is 4.74 Å². The predicted octanol–water partition coefficient (Wildman–Crippen LogP) is 3.87. The molecule has 0 aliphatic heterocycles. The molecule has 2 aromatic carbocycles. The molecule has 0 radical (unpaired) electrons. The highest BCUT2D eigenvalue weighted by Gasteiger charge is 2.16. The lowest BCUT2D eigenvalue weighted by atomic mass is 10.1. The van der Waals surface area contributed by atoms with Crippen molar-refractivity contribution in [2.45, 2.75) is 6.92 Å². The molecule has 1 amide bonds. The number of nitriles is 1. The lowest BCUT2D eigenvalue weighted by Gasteiger charge is -2.19. The summed E-state index contributed by atoms with van der Waals surface area (Å²) in [4.78, 5) is 25.4. The molecule has 0 saturated carbocycles. The Hall–Kier alpha value is -2.91. The normalized spacial score (nSPS) is 10.3. The van der Waals surface area contributed by atoms with Gasteiger partial charge in [-0.3, -0.25) is 9.69 Å². The van der Waals surface area contributed by atoms with Crippen molar-refractivity contribution >= 4 is 39.6 Å². The number of ether oxygens (including phenoxy) is 1. The second-order valence-electron chi connectivity index (χ2n) is 5.44. The van der Waals surface area contributed by atoms with Crippen LogP contribution in [0.4, 0.5) is 5.69 Å². The fourth-order valence-corrected chi connectivity index (χ4v) is 2.81. The molecule has 6 heteroatoms. The number of carbonyl (C=O) groups excluding carboxylic acids is 2. The van der Waals surface area contributed by atoms with E-state index in [1.54, 1.807) is 30.3 Å². The van der Waals surface area contributed by atoms with E-state index in [2.05, 4.69) is 15.9 Å². The lowest BCUT2D eigenvalue weighted by Crippen LogP contribution is -2.34. The lowest BCUT2D eigenvalue weighted by molar-refractivity contribution is -0.142. The average molecular weight is 413 g/mol. The zero-order valence-corrected chi connectivity index (χ0v) is 15.8. The van der Waals surface area contributed by atoms with Crippen LogP contribution in [0.5, 0.6) is 0 Å². The summed E-state index contributed by atoms with van der Waals surface area (Å²) in [6.45, 7) is 1.42. The van der Waals surface area contributed by atoms with Crippen molar-refractivity contribution in [3.8, 4) is 6.07 Å². The summed E-state index contributed by atoms with van der Waals surface area (Å²) in [5, 5.41) is 8.91. The van der Waals surface area contributed by atoms with E-state index in [0.717, 1.165) is 15.6 Å². The summed E-state index contributed by atoms with van der Waals surface area (Å²) in [5.41, 5.74) is 2.50. The van der Waals surface area contributed by atoms with Crippen LogP contribution in [0.3, 0.4) is 0 Å². The number of amides is 1. The monoisotopic (exact) mass is 412 g/mol. The van der Waals surface area contributed by atoms with Gasteiger partial charge in [-0.25, -0.2) is 4.79 Å². The Morgan fingerprint density at radius 3 is 2.62 bits per heavy atom. The van der Waals surface area contributed by atoms with Crippen LogP contribution in [0.15, 0.2) is 59.1 Å². The second-order valence-corrected chi connectivity index (χ2v) is 6.29. The summed E-state index contributed by atoms with van der Waals surface area (Å²) < 4.78 is 5.86. The Morgan fingerprint density at radius 1 is 1.23 bits per heavy atom. The minimum absolute atomic E-state index is 0.119. The first-order chi connectivity index (χ1) is 12.5. The van der Waals surface area contributed by atoms with Crippen molar-refractivity contribution in [3.63, 3.8) is 0 Å². The van der Waals surface area contributed by atoms with Crippen molar-refractivity contribution in [2.75, 3.05) is 18.1 Å². The SMILES string of the molecule is Cc1ccc(/C=C/C(=O)OCC(=O)N(CC#N)c2ccccc2)c(Br)c1. The number of hydrogen-bond acceptors (Lipinski definition) is 4. The largest absolute Gasteiger partial charge is 0.452 e. The molecule has 0 saturated heterocycles. The number of carbonyl (C=O) groups is 2. The molecule has 5 nitrogen and oxygen atoms in total. The molecule has 0 atom stereocenters. The molecule has 0 spiro atoms. The number of halogens is 1. The Labute approximate surface area is 160 Å². The van der Waals surface area contributed by atoms with Crippen LogP contribution in [0, 0.1) is 18.3 Å². The van der Waals surface area contributed by atoms with E-state index >= 15 is 0 Å². The number of benzene rings is 2. The zero-order chi connectivity index (χ0) is 18.9. The quantitative estimate of drug-likeness (QED) is 0.410. The number of rotatable bonds is 6. The minimum Gasteiger partial charge on any atom is -0.452 e. The highest BCUT2D eigenvalue weighted by Crippen LogP contribution is 2.19. The van der Waals surface area contributed by atoms with Crippen molar-refractivity contribution in [2.24, 2.45) is 0 Å². The summed E-state index contributed by atoms with van der Waals surface area (Å²) in [6.07, 6.45) is 2.88. The van der Waals surface area contributed by atoms with Gasteiger partial charge in [0.2, 0.25) is 0 Å². The van der Waals surface area contributed by atoms with Crippen LogP contribution in [0.2, 0.25) is 0 Å². The van der Waals surface area contributed by atoms with Crippen molar-refractivity contribution < 1.29 is 14.3 Å². The third-order valence-electron chi connectivity index (χ3n) is 3.49. The van der Waals surface area contributed by atoms with Crippen LogP contribution in [0.1, 0.15) is 11.1 Å². The van der Waals surface area contributed by atoms with Gasteiger partial charge in [-0.2, -0.15) is 5.26 Å². The van der Waals surface area contributed by atoms with Gasteiger partial charge in [0.15, 0.2) is 6.61 Å². The first-order valence-electron chi connectivity index (χ1n) is 7.84. The van der Waals surface area contributed by atoms with Gasteiger partial charge >= 0.3 is 5.97 Å². The Bertz CT molecular complexity index is 857. The first kappa shape index (κ1) is 19.4. The predicted molar refractivity (Wildman–Crippen MR) is 103 cm³/mol. The second kappa shape index (κ2) is 9.54. The third-order valence-corrected chi connectivity index (χ3v) is 4.18. The number of nitrogens with zero attached hydrogens (tertiary/aromatic N) is 2. The topological polar surface area (TPSA) is 70.4 Å². The Kier molecular flexibility index (Phi) is 7.12. The summed E-state index contributed by atoms with van der Waals surface area (Å²) in [5.74, 6) is -1.09. The van der Waals surface area contributed by atoms with Gasteiger partial charge in [0.25, 0.3) is 5.91 Å². The Morgan fingerprint density at radius 2 is 1.96 bits per heavy atom. The summed E-state index contributed by atoms with van der Waals surface area (Å²) >= 11 is 3.43. The molecule has 0 aromatic heterocycles. The summed E-state index contributed by atoms with van der Waals surface area (Å²) in [7, 11) is 0. The maximum absolute atomic E-state index is 12.3. The van der Waals surface area contributed by atoms with E-state index in [4.69, 9.17) is 10.00 Å². The standard InChI is InChI=1S/C20H17BrN2O3/c1-15-7-8-16(18(21)13-15)9-10-20(25)26-14-19(24)23(12-11-22)17-5-3-2-4-6-17/h2-10,13H,12,14H2,1H3/b10-9+. The van der Waals surface area contributed by atoms with Crippen LogP contribution in [0.25, 0.3) is 6.08 Å². The smallest absolute Gasteiger partial charge is 0.331 e. The molecule has 132 valence electrons. The molecule has 0 unspecified atom stereocenters. The fraction of sp³-hybridized carbons (Fsp3) is 0.150. The average Bonchev–Trinajstić information content (AvgIpc) is 2.64. The summed E-state index contributed by atoms with van der Waals surface area (Å²) in [6, 6.07) is 16.4. The van der Waals surface area contributed by atoms with Gasteiger partial charge in [-0.05, 0) is 42.3 Å². The minimum atomic E-state index is -0.629. The number of para-hydroxylation sites is 1. The van der Waals surface area contributed by atoms with Crippen molar-refractivity contribution in [3.05, 3.63) is 70.2 Å². The maximum Gasteiger partial charge on any atom is 0.331 e. The van der Waals surface area contributed by atoms with E-state index in [1.807, 2.05) is 37.3 Å². The molecule has 2 aromatic rings. The molecule has 0 N–H and O–H groups in total. The van der Waals surface area contributed by atoms with E-state index in [0.29, 0.717) is 5.69 Å². The van der Waals surface area contributed by atoms with Crippen molar-refractivity contribution in [1.29, 1.82) is 5.26 Å². The number of anilines is 1. The molecule has 26 heavy (non-hydrogen) atoms. The van der Waals surface area contributed by atoms with Gasteiger partial charge in [0, 0.05) is 16.2 Å². The van der Waals surface area contributed by atoms with Gasteiger partial charge in [0.1, 0.15) is 6.54 Å². The number of esters is 1. The van der Waals surface area contributed by atoms with Crippen LogP contribution in [-0.4, -0.2) is 25.0 Å². The Balaban J connectivity index is 1.96. The molecule has 0 aliphatic rings. The highest BCUT2D eigenvalue weighted by atomic mass is 79.9. The van der Waals surface area contributed by atoms with E-state index in [1.165, 1.54) is 11.0 Å². The fourth-order valence-electron chi connectivity index (χ4n) is 2.19. The van der Waals surface area contributed by atoms with Gasteiger partial charge in [0.05, 0.1) is 6.07 Å². The highest BCUT2D eigenvalue weighted by molar-refractivity contribution is 9.10. The first-order valence-corrected chi connectivity index (χ1v) is 8.64. The zero-order valence-electron chi connectivity index (χ0n) is 14.2.